The van der Waals surface area contributed by atoms with Crippen molar-refractivity contribution in [2.24, 2.45) is 0 Å². The first-order valence-corrected chi connectivity index (χ1v) is 12.3. The van der Waals surface area contributed by atoms with Gasteiger partial charge in [-0.1, -0.05) is 32.9 Å². The number of ether oxygens (including phenoxy) is 1. The molecule has 0 spiro atoms. The van der Waals surface area contributed by atoms with Gasteiger partial charge in [-0.05, 0) is 77.6 Å². The van der Waals surface area contributed by atoms with Gasteiger partial charge in [0.2, 0.25) is 5.91 Å². The van der Waals surface area contributed by atoms with Crippen molar-refractivity contribution in [2.75, 3.05) is 16.2 Å². The molecule has 0 aliphatic carbocycles. The molecule has 3 aromatic rings. The van der Waals surface area contributed by atoms with E-state index < -0.39 is 10.0 Å². The van der Waals surface area contributed by atoms with Crippen molar-refractivity contribution in [3.8, 4) is 11.5 Å². The van der Waals surface area contributed by atoms with Crippen molar-refractivity contribution in [2.45, 2.75) is 44.4 Å². The van der Waals surface area contributed by atoms with Crippen molar-refractivity contribution in [1.29, 1.82) is 0 Å². The van der Waals surface area contributed by atoms with Crippen LogP contribution in [0.1, 0.15) is 38.8 Å². The normalized spacial score (nSPS) is 13.5. The smallest absolute Gasteiger partial charge is 0.261 e. The van der Waals surface area contributed by atoms with Gasteiger partial charge in [0.25, 0.3) is 10.0 Å². The molecule has 7 heteroatoms. The van der Waals surface area contributed by atoms with Crippen LogP contribution >= 0.6 is 0 Å². The van der Waals surface area contributed by atoms with Gasteiger partial charge in [0.05, 0.1) is 4.90 Å². The van der Waals surface area contributed by atoms with Crippen LogP contribution in [0.3, 0.4) is 0 Å². The molecular formula is C26H28N2O4S. The van der Waals surface area contributed by atoms with E-state index in [2.05, 4.69) is 25.5 Å². The van der Waals surface area contributed by atoms with Gasteiger partial charge in [0, 0.05) is 24.8 Å². The minimum absolute atomic E-state index is 0.0464. The largest absolute Gasteiger partial charge is 0.457 e. The molecule has 4 rings (SSSR count). The molecule has 1 N–H and O–H groups in total. The number of anilines is 2. The molecule has 0 saturated heterocycles. The topological polar surface area (TPSA) is 75.7 Å². The number of carbonyl (C=O) groups excluding carboxylic acids is 1. The molecule has 0 radical (unpaired) electrons. The third kappa shape index (κ3) is 5.03. The highest BCUT2D eigenvalue weighted by Gasteiger charge is 2.25. The summed E-state index contributed by atoms with van der Waals surface area (Å²) in [5.74, 6) is 1.28. The lowest BCUT2D eigenvalue weighted by Crippen LogP contribution is -2.25. The van der Waals surface area contributed by atoms with E-state index in [9.17, 15) is 13.2 Å². The highest BCUT2D eigenvalue weighted by Crippen LogP contribution is 2.31. The molecular weight excluding hydrogens is 436 g/mol. The van der Waals surface area contributed by atoms with E-state index >= 15 is 0 Å². The molecule has 0 aromatic heterocycles. The van der Waals surface area contributed by atoms with Crippen LogP contribution in [-0.2, 0) is 26.7 Å². The maximum atomic E-state index is 12.9. The number of amides is 1. The molecule has 1 aliphatic heterocycles. The Morgan fingerprint density at radius 3 is 2.12 bits per heavy atom. The number of hydrogen-bond donors (Lipinski definition) is 1. The van der Waals surface area contributed by atoms with E-state index in [1.165, 1.54) is 18.6 Å². The molecule has 1 aliphatic rings. The van der Waals surface area contributed by atoms with E-state index in [0.29, 0.717) is 30.2 Å². The summed E-state index contributed by atoms with van der Waals surface area (Å²) in [7, 11) is -3.76. The second kappa shape index (κ2) is 8.56. The van der Waals surface area contributed by atoms with Crippen LogP contribution in [0.4, 0.5) is 11.4 Å². The van der Waals surface area contributed by atoms with Gasteiger partial charge in [0.15, 0.2) is 0 Å². The van der Waals surface area contributed by atoms with Crippen molar-refractivity contribution in [1.82, 2.24) is 0 Å². The average molecular weight is 465 g/mol. The summed E-state index contributed by atoms with van der Waals surface area (Å²) in [6.07, 6.45) is 0.640. The molecule has 0 bridgehead atoms. The minimum Gasteiger partial charge on any atom is -0.457 e. The Hall–Kier alpha value is -3.32. The summed E-state index contributed by atoms with van der Waals surface area (Å²) in [5.41, 5.74) is 3.37. The van der Waals surface area contributed by atoms with Gasteiger partial charge in [0.1, 0.15) is 11.5 Å². The average Bonchev–Trinajstić information content (AvgIpc) is 3.18. The van der Waals surface area contributed by atoms with E-state index in [1.54, 1.807) is 41.3 Å². The molecule has 0 atom stereocenters. The monoisotopic (exact) mass is 464 g/mol. The summed E-state index contributed by atoms with van der Waals surface area (Å²) in [6, 6.07) is 19.6. The molecule has 1 heterocycles. The SMILES string of the molecule is CC(=O)N1CCc2cc(S(=O)(=O)Nc3ccc(Oc4ccc(C(C)(C)C)cc4)cc3)ccc21. The predicted molar refractivity (Wildman–Crippen MR) is 131 cm³/mol. The maximum absolute atomic E-state index is 12.9. The molecule has 1 amide bonds. The fourth-order valence-electron chi connectivity index (χ4n) is 3.84. The lowest BCUT2D eigenvalue weighted by atomic mass is 9.87. The number of hydrogen-bond acceptors (Lipinski definition) is 4. The predicted octanol–water partition coefficient (Wildman–Crippen LogP) is 5.49. The molecule has 172 valence electrons. The quantitative estimate of drug-likeness (QED) is 0.542. The number of sulfonamides is 1. The van der Waals surface area contributed by atoms with Crippen molar-refractivity contribution < 1.29 is 17.9 Å². The summed E-state index contributed by atoms with van der Waals surface area (Å²) >= 11 is 0. The number of nitrogens with zero attached hydrogens (tertiary/aromatic N) is 1. The Kier molecular flexibility index (Phi) is 5.93. The van der Waals surface area contributed by atoms with Crippen molar-refractivity contribution in [3.63, 3.8) is 0 Å². The third-order valence-corrected chi connectivity index (χ3v) is 7.08. The van der Waals surface area contributed by atoms with E-state index in [1.807, 2.05) is 24.3 Å². The van der Waals surface area contributed by atoms with Gasteiger partial charge in [-0.3, -0.25) is 9.52 Å². The number of rotatable bonds is 5. The van der Waals surface area contributed by atoms with Crippen LogP contribution in [0.15, 0.2) is 71.6 Å². The molecule has 0 fully saturated rings. The second-order valence-corrected chi connectivity index (χ2v) is 10.9. The lowest BCUT2D eigenvalue weighted by Gasteiger charge is -2.19. The van der Waals surface area contributed by atoms with Gasteiger partial charge in [-0.25, -0.2) is 8.42 Å². The van der Waals surface area contributed by atoms with Gasteiger partial charge >= 0.3 is 0 Å². The Balaban J connectivity index is 1.45. The zero-order valence-electron chi connectivity index (χ0n) is 19.3. The number of nitrogens with one attached hydrogen (secondary N) is 1. The van der Waals surface area contributed by atoms with Crippen LogP contribution in [0.25, 0.3) is 0 Å². The molecule has 0 unspecified atom stereocenters. The molecule has 3 aromatic carbocycles. The number of carbonyl (C=O) groups is 1. The zero-order chi connectivity index (χ0) is 23.8. The molecule has 6 nitrogen and oxygen atoms in total. The summed E-state index contributed by atoms with van der Waals surface area (Å²) in [5, 5.41) is 0. The van der Waals surface area contributed by atoms with Crippen LogP contribution in [-0.4, -0.2) is 20.9 Å². The third-order valence-electron chi connectivity index (χ3n) is 5.70. The number of fused-ring (bicyclic) bond motifs is 1. The first-order valence-electron chi connectivity index (χ1n) is 10.9. The zero-order valence-corrected chi connectivity index (χ0v) is 20.1. The number of benzene rings is 3. The minimum atomic E-state index is -3.76. The summed E-state index contributed by atoms with van der Waals surface area (Å²) in [4.78, 5) is 13.5. The Labute approximate surface area is 195 Å². The van der Waals surface area contributed by atoms with Crippen molar-refractivity contribution >= 4 is 27.3 Å². The first kappa shape index (κ1) is 22.9. The maximum Gasteiger partial charge on any atom is 0.261 e. The Bertz CT molecular complexity index is 1280. The van der Waals surface area contributed by atoms with E-state index in [-0.39, 0.29) is 16.2 Å². The van der Waals surface area contributed by atoms with E-state index in [0.717, 1.165) is 11.3 Å². The van der Waals surface area contributed by atoms with Crippen LogP contribution in [0, 0.1) is 0 Å². The van der Waals surface area contributed by atoms with Crippen LogP contribution in [0.2, 0.25) is 0 Å². The van der Waals surface area contributed by atoms with Crippen molar-refractivity contribution in [3.05, 3.63) is 77.9 Å². The highest BCUT2D eigenvalue weighted by atomic mass is 32.2. The first-order chi connectivity index (χ1) is 15.5. The second-order valence-electron chi connectivity index (χ2n) is 9.22. The fourth-order valence-corrected chi connectivity index (χ4v) is 4.95. The summed E-state index contributed by atoms with van der Waals surface area (Å²) in [6.45, 7) is 8.56. The lowest BCUT2D eigenvalue weighted by molar-refractivity contribution is -0.116. The molecule has 0 saturated carbocycles. The standard InChI is InChI=1S/C26H28N2O4S/c1-18(29)28-16-15-19-17-24(13-14-25(19)28)33(30,31)27-21-7-11-23(12-8-21)32-22-9-5-20(6-10-22)26(2,3)4/h5-14,17,27H,15-16H2,1-4H3. The molecule has 33 heavy (non-hydrogen) atoms. The van der Waals surface area contributed by atoms with Crippen LogP contribution in [0.5, 0.6) is 11.5 Å². The van der Waals surface area contributed by atoms with Gasteiger partial charge in [-0.2, -0.15) is 0 Å². The summed E-state index contributed by atoms with van der Waals surface area (Å²) < 4.78 is 34.3. The van der Waals surface area contributed by atoms with Crippen LogP contribution < -0.4 is 14.4 Å². The van der Waals surface area contributed by atoms with Gasteiger partial charge < -0.3 is 9.64 Å². The van der Waals surface area contributed by atoms with E-state index in [4.69, 9.17) is 4.74 Å². The Morgan fingerprint density at radius 2 is 1.55 bits per heavy atom. The fraction of sp³-hybridized carbons (Fsp3) is 0.269. The van der Waals surface area contributed by atoms with Gasteiger partial charge in [-0.15, -0.1) is 0 Å². The Morgan fingerprint density at radius 1 is 0.939 bits per heavy atom. The highest BCUT2D eigenvalue weighted by molar-refractivity contribution is 7.92.